The maximum atomic E-state index is 12.4. The highest BCUT2D eigenvalue weighted by molar-refractivity contribution is 5.76. The van der Waals surface area contributed by atoms with Gasteiger partial charge >= 0.3 is 24.4 Å². The van der Waals surface area contributed by atoms with Crippen molar-refractivity contribution in [2.24, 2.45) is 11.7 Å². The highest BCUT2D eigenvalue weighted by Gasteiger charge is 2.22. The molecule has 0 aliphatic rings. The highest BCUT2D eigenvalue weighted by Crippen LogP contribution is 2.30. The van der Waals surface area contributed by atoms with Crippen LogP contribution in [0.1, 0.15) is 73.3 Å². The zero-order valence-corrected chi connectivity index (χ0v) is 24.4. The third-order valence-electron chi connectivity index (χ3n) is 5.57. The van der Waals surface area contributed by atoms with E-state index in [-0.39, 0.29) is 37.2 Å². The Balaban J connectivity index is 2.81. The Kier molecular flexibility index (Phi) is 15.5. The fourth-order valence-electron chi connectivity index (χ4n) is 2.82. The lowest BCUT2D eigenvalue weighted by Crippen LogP contribution is -2.36. The van der Waals surface area contributed by atoms with Crippen molar-refractivity contribution in [3.63, 3.8) is 0 Å². The summed E-state index contributed by atoms with van der Waals surface area (Å²) in [6, 6.07) is 3.24. The molecule has 12 nitrogen and oxygen atoms in total. The first-order valence-corrected chi connectivity index (χ1v) is 13.5. The van der Waals surface area contributed by atoms with Crippen molar-refractivity contribution in [3.05, 3.63) is 23.8 Å². The van der Waals surface area contributed by atoms with Crippen LogP contribution >= 0.6 is 0 Å². The standard InChI is InChI=1S/C28H43NO11/c1-8-18(5)36-27(32)39-23-11-10-21(15-24(23)40-28(33)37-19(6)9-2)14-22(29)25(30)35-16-20(7)38-26(31)34-13-12-17(3)4/h10-11,15,17-20,22H,8-9,12-14,16,29H2,1-7H3/t18?,19?,20-,22-/m0/s1. The van der Waals surface area contributed by atoms with Crippen molar-refractivity contribution in [1.82, 2.24) is 0 Å². The van der Waals surface area contributed by atoms with Gasteiger partial charge in [-0.1, -0.05) is 33.8 Å². The number of hydrogen-bond donors (Lipinski definition) is 1. The summed E-state index contributed by atoms with van der Waals surface area (Å²) < 4.78 is 36.0. The lowest BCUT2D eigenvalue weighted by molar-refractivity contribution is -0.148. The molecule has 4 atom stereocenters. The van der Waals surface area contributed by atoms with Crippen LogP contribution in [0.3, 0.4) is 0 Å². The quantitative estimate of drug-likeness (QED) is 0.165. The summed E-state index contributed by atoms with van der Waals surface area (Å²) in [7, 11) is 0. The molecule has 1 aromatic rings. The molecule has 0 bridgehead atoms. The third kappa shape index (κ3) is 14.0. The predicted molar refractivity (Wildman–Crippen MR) is 144 cm³/mol. The minimum absolute atomic E-state index is 0.000317. The maximum Gasteiger partial charge on any atom is 0.514 e. The van der Waals surface area contributed by atoms with E-state index in [0.29, 0.717) is 30.7 Å². The molecule has 1 rings (SSSR count). The summed E-state index contributed by atoms with van der Waals surface area (Å²) in [5, 5.41) is 0. The number of ether oxygens (including phenoxy) is 7. The van der Waals surface area contributed by atoms with Gasteiger partial charge in [0.05, 0.1) is 6.61 Å². The largest absolute Gasteiger partial charge is 0.514 e. The van der Waals surface area contributed by atoms with E-state index in [0.717, 1.165) is 0 Å². The monoisotopic (exact) mass is 569 g/mol. The van der Waals surface area contributed by atoms with E-state index < -0.39 is 42.7 Å². The fourth-order valence-corrected chi connectivity index (χ4v) is 2.82. The van der Waals surface area contributed by atoms with Gasteiger partial charge < -0.3 is 38.9 Å². The van der Waals surface area contributed by atoms with E-state index in [4.69, 9.17) is 38.9 Å². The van der Waals surface area contributed by atoms with Crippen LogP contribution in [0.2, 0.25) is 0 Å². The van der Waals surface area contributed by atoms with Crippen molar-refractivity contribution in [3.8, 4) is 11.5 Å². The molecule has 0 saturated heterocycles. The molecule has 0 aliphatic heterocycles. The average Bonchev–Trinajstić information content (AvgIpc) is 2.88. The molecule has 2 N–H and O–H groups in total. The number of benzene rings is 1. The van der Waals surface area contributed by atoms with Crippen LogP contribution < -0.4 is 15.2 Å². The van der Waals surface area contributed by atoms with Crippen molar-refractivity contribution in [2.75, 3.05) is 13.2 Å². The Morgan fingerprint density at radius 1 is 0.750 bits per heavy atom. The smallest absolute Gasteiger partial charge is 0.461 e. The molecule has 40 heavy (non-hydrogen) atoms. The van der Waals surface area contributed by atoms with Gasteiger partial charge in [-0.05, 0) is 70.1 Å². The zero-order chi connectivity index (χ0) is 30.2. The molecule has 0 radical (unpaired) electrons. The van der Waals surface area contributed by atoms with Crippen LogP contribution in [0.5, 0.6) is 11.5 Å². The lowest BCUT2D eigenvalue weighted by atomic mass is 10.1. The number of carbonyl (C=O) groups excluding carboxylic acids is 4. The Labute approximate surface area is 235 Å². The Morgan fingerprint density at radius 2 is 1.30 bits per heavy atom. The first-order valence-electron chi connectivity index (χ1n) is 13.5. The second-order valence-electron chi connectivity index (χ2n) is 9.81. The molecule has 0 aromatic heterocycles. The minimum Gasteiger partial charge on any atom is -0.461 e. The van der Waals surface area contributed by atoms with Gasteiger partial charge in [0.1, 0.15) is 31.0 Å². The molecular weight excluding hydrogens is 526 g/mol. The lowest BCUT2D eigenvalue weighted by Gasteiger charge is -2.17. The number of nitrogens with two attached hydrogens (primary N) is 1. The van der Waals surface area contributed by atoms with Crippen LogP contribution in [-0.2, 0) is 34.9 Å². The Bertz CT molecular complexity index is 966. The second kappa shape index (κ2) is 17.9. The number of esters is 1. The van der Waals surface area contributed by atoms with E-state index in [1.807, 2.05) is 27.7 Å². The van der Waals surface area contributed by atoms with Gasteiger partial charge in [0.25, 0.3) is 0 Å². The van der Waals surface area contributed by atoms with E-state index in [1.54, 1.807) is 26.8 Å². The third-order valence-corrected chi connectivity index (χ3v) is 5.57. The summed E-state index contributed by atoms with van der Waals surface area (Å²) in [4.78, 5) is 48.5. The van der Waals surface area contributed by atoms with E-state index in [9.17, 15) is 19.2 Å². The molecule has 0 spiro atoms. The number of hydrogen-bond acceptors (Lipinski definition) is 12. The molecular formula is C28H43NO11. The molecule has 0 fully saturated rings. The van der Waals surface area contributed by atoms with Gasteiger partial charge in [0, 0.05) is 0 Å². The van der Waals surface area contributed by atoms with Gasteiger partial charge in [-0.3, -0.25) is 4.79 Å². The molecule has 0 amide bonds. The van der Waals surface area contributed by atoms with Gasteiger partial charge in [0.2, 0.25) is 0 Å². The van der Waals surface area contributed by atoms with Crippen LogP contribution in [-0.4, -0.2) is 62.0 Å². The first kappa shape index (κ1) is 34.5. The van der Waals surface area contributed by atoms with Crippen LogP contribution in [0.4, 0.5) is 14.4 Å². The van der Waals surface area contributed by atoms with Gasteiger partial charge in [-0.2, -0.15) is 0 Å². The van der Waals surface area contributed by atoms with E-state index in [2.05, 4.69) is 0 Å². The average molecular weight is 570 g/mol. The SMILES string of the molecule is CCC(C)OC(=O)Oc1ccc(C[C@H](N)C(=O)OC[C@H](C)OC(=O)OCCC(C)C)cc1OC(=O)OC(C)CC. The molecule has 1 aromatic carbocycles. The summed E-state index contributed by atoms with van der Waals surface area (Å²) in [6.07, 6.45) is -2.47. The topological polar surface area (TPSA) is 159 Å². The Morgan fingerprint density at radius 3 is 1.85 bits per heavy atom. The summed E-state index contributed by atoms with van der Waals surface area (Å²) in [5.41, 5.74) is 6.49. The zero-order valence-electron chi connectivity index (χ0n) is 24.4. The van der Waals surface area contributed by atoms with Crippen LogP contribution in [0.15, 0.2) is 18.2 Å². The second-order valence-corrected chi connectivity index (χ2v) is 9.81. The molecule has 2 unspecified atom stereocenters. The molecule has 0 saturated carbocycles. The van der Waals surface area contributed by atoms with Crippen LogP contribution in [0, 0.1) is 5.92 Å². The fraction of sp³-hybridized carbons (Fsp3) is 0.643. The van der Waals surface area contributed by atoms with Crippen LogP contribution in [0.25, 0.3) is 0 Å². The number of carbonyl (C=O) groups is 4. The van der Waals surface area contributed by atoms with E-state index >= 15 is 0 Å². The molecule has 0 heterocycles. The summed E-state index contributed by atoms with van der Waals surface area (Å²) in [5.74, 6) is -0.561. The van der Waals surface area contributed by atoms with Crippen molar-refractivity contribution in [1.29, 1.82) is 0 Å². The minimum atomic E-state index is -1.09. The maximum absolute atomic E-state index is 12.4. The normalized spacial score (nSPS) is 13.8. The van der Waals surface area contributed by atoms with Crippen molar-refractivity contribution in [2.45, 2.75) is 98.5 Å². The Hall–Kier alpha value is -3.54. The highest BCUT2D eigenvalue weighted by atomic mass is 16.8. The van der Waals surface area contributed by atoms with Crippen molar-refractivity contribution >= 4 is 24.4 Å². The van der Waals surface area contributed by atoms with Gasteiger partial charge in [-0.25, -0.2) is 14.4 Å². The molecule has 12 heteroatoms. The van der Waals surface area contributed by atoms with Gasteiger partial charge in [0.15, 0.2) is 11.5 Å². The van der Waals surface area contributed by atoms with Gasteiger partial charge in [-0.15, -0.1) is 0 Å². The molecule has 226 valence electrons. The molecule has 0 aliphatic carbocycles. The summed E-state index contributed by atoms with van der Waals surface area (Å²) >= 11 is 0. The summed E-state index contributed by atoms with van der Waals surface area (Å²) in [6.45, 7) is 12.7. The number of rotatable bonds is 15. The predicted octanol–water partition coefficient (Wildman–Crippen LogP) is 5.32. The van der Waals surface area contributed by atoms with E-state index in [1.165, 1.54) is 12.1 Å². The van der Waals surface area contributed by atoms with Crippen molar-refractivity contribution < 1.29 is 52.3 Å². The first-order chi connectivity index (χ1) is 18.8.